The van der Waals surface area contributed by atoms with Crippen LogP contribution in [0.25, 0.3) is 6.08 Å². The van der Waals surface area contributed by atoms with Crippen molar-refractivity contribution in [1.29, 1.82) is 0 Å². The largest absolute Gasteiger partial charge is 0.416 e. The number of aryl methyl sites for hydroxylation is 1. The fourth-order valence-corrected chi connectivity index (χ4v) is 4.83. The van der Waals surface area contributed by atoms with Gasteiger partial charge in [-0.05, 0) is 87.2 Å². The molecule has 3 aromatic rings. The van der Waals surface area contributed by atoms with Crippen LogP contribution in [0.15, 0.2) is 72.9 Å². The first-order valence-corrected chi connectivity index (χ1v) is 13.3. The summed E-state index contributed by atoms with van der Waals surface area (Å²) in [6.45, 7) is 8.60. The number of benzene rings is 2. The molecule has 0 spiro atoms. The van der Waals surface area contributed by atoms with Crippen molar-refractivity contribution in [3.05, 3.63) is 95.3 Å². The number of hydrogen-bond donors (Lipinski definition) is 1. The molecule has 0 unspecified atom stereocenters. The summed E-state index contributed by atoms with van der Waals surface area (Å²) in [5.41, 5.74) is 3.67. The zero-order chi connectivity index (χ0) is 28.0. The number of aromatic nitrogens is 1. The summed E-state index contributed by atoms with van der Waals surface area (Å²) in [6.07, 6.45) is 2.18. The third kappa shape index (κ3) is 7.93. The van der Waals surface area contributed by atoms with Gasteiger partial charge in [-0.25, -0.2) is 0 Å². The molecule has 39 heavy (non-hydrogen) atoms. The van der Waals surface area contributed by atoms with Crippen LogP contribution in [0.2, 0.25) is 0 Å². The lowest BCUT2D eigenvalue weighted by molar-refractivity contribution is -0.137. The fraction of sp³-hybridized carbons (Fsp3) is 0.355. The predicted molar refractivity (Wildman–Crippen MR) is 149 cm³/mol. The number of amides is 1. The number of anilines is 2. The van der Waals surface area contributed by atoms with Crippen LogP contribution in [-0.4, -0.2) is 45.9 Å². The Morgan fingerprint density at radius 1 is 1.05 bits per heavy atom. The number of alkyl halides is 3. The Balaban J connectivity index is 1.48. The number of pyridine rings is 1. The maximum absolute atomic E-state index is 13.4. The van der Waals surface area contributed by atoms with E-state index in [1.54, 1.807) is 12.3 Å². The lowest BCUT2D eigenvalue weighted by Gasteiger charge is -2.39. The first-order chi connectivity index (χ1) is 18.6. The lowest BCUT2D eigenvalue weighted by atomic mass is 10.0. The molecule has 1 aliphatic rings. The van der Waals surface area contributed by atoms with Crippen LogP contribution in [0.4, 0.5) is 24.5 Å². The maximum Gasteiger partial charge on any atom is 0.416 e. The van der Waals surface area contributed by atoms with E-state index in [2.05, 4.69) is 29.0 Å². The summed E-state index contributed by atoms with van der Waals surface area (Å²) in [5, 5.41) is 3.37. The topological polar surface area (TPSA) is 48.5 Å². The van der Waals surface area contributed by atoms with Crippen LogP contribution < -0.4 is 5.32 Å². The van der Waals surface area contributed by atoms with Gasteiger partial charge in [0.1, 0.15) is 0 Å². The second kappa shape index (κ2) is 12.5. The van der Waals surface area contributed by atoms with Gasteiger partial charge in [0.15, 0.2) is 0 Å². The molecule has 2 heterocycles. The number of carbonyl (C=O) groups is 1. The summed E-state index contributed by atoms with van der Waals surface area (Å²) in [4.78, 5) is 22.0. The van der Waals surface area contributed by atoms with E-state index in [4.69, 9.17) is 0 Å². The average molecular weight is 537 g/mol. The number of piperidine rings is 1. The summed E-state index contributed by atoms with van der Waals surface area (Å²) >= 11 is 0. The number of likely N-dealkylation sites (tertiary alicyclic amines) is 1. The highest BCUT2D eigenvalue weighted by atomic mass is 19.4. The highest BCUT2D eigenvalue weighted by Gasteiger charge is 2.30. The fourth-order valence-electron chi connectivity index (χ4n) is 4.83. The van der Waals surface area contributed by atoms with E-state index < -0.39 is 11.7 Å². The zero-order valence-corrected chi connectivity index (χ0v) is 22.6. The van der Waals surface area contributed by atoms with E-state index >= 15 is 0 Å². The molecule has 0 aliphatic carbocycles. The summed E-state index contributed by atoms with van der Waals surface area (Å²) in [5.74, 6) is -0.146. The maximum atomic E-state index is 13.4. The first-order valence-electron chi connectivity index (χ1n) is 13.3. The Kier molecular flexibility index (Phi) is 9.07. The molecular formula is C31H35F3N4O. The van der Waals surface area contributed by atoms with Gasteiger partial charge in [0, 0.05) is 61.1 Å². The van der Waals surface area contributed by atoms with Gasteiger partial charge in [-0.15, -0.1) is 0 Å². The Bertz CT molecular complexity index is 1260. The van der Waals surface area contributed by atoms with Crippen LogP contribution in [-0.2, 0) is 17.5 Å². The van der Waals surface area contributed by atoms with Gasteiger partial charge in [-0.1, -0.05) is 24.3 Å². The predicted octanol–water partition coefficient (Wildman–Crippen LogP) is 7.07. The monoisotopic (exact) mass is 536 g/mol. The molecule has 8 heteroatoms. The standard InChI is InChI=1S/C31H35F3N4O/c1-22(2)37-18-15-29(16-19-37)38(30(39)13-8-24-4-9-26(10-5-24)31(32,33)34)21-25-6-11-27(12-7-25)36-28-14-17-35-23(3)20-28/h4-14,17,20,22,29H,15-16,18-19,21H2,1-3H3,(H,35,36)/b13-8+. The van der Waals surface area contributed by atoms with Crippen molar-refractivity contribution in [2.24, 2.45) is 0 Å². The number of nitrogens with one attached hydrogen (secondary N) is 1. The number of nitrogens with zero attached hydrogens (tertiary/aromatic N) is 3. The molecule has 0 bridgehead atoms. The molecule has 1 aliphatic heterocycles. The van der Waals surface area contributed by atoms with Crippen molar-refractivity contribution in [2.45, 2.75) is 58.4 Å². The van der Waals surface area contributed by atoms with Crippen molar-refractivity contribution in [1.82, 2.24) is 14.8 Å². The van der Waals surface area contributed by atoms with E-state index in [1.807, 2.05) is 48.2 Å². The molecule has 1 aromatic heterocycles. The molecule has 5 nitrogen and oxygen atoms in total. The minimum Gasteiger partial charge on any atom is -0.355 e. The highest BCUT2D eigenvalue weighted by molar-refractivity contribution is 5.92. The normalized spacial score (nSPS) is 15.2. The van der Waals surface area contributed by atoms with Gasteiger partial charge in [-0.3, -0.25) is 9.78 Å². The van der Waals surface area contributed by atoms with Gasteiger partial charge < -0.3 is 15.1 Å². The molecule has 1 N–H and O–H groups in total. The molecule has 0 radical (unpaired) electrons. The van der Waals surface area contributed by atoms with Gasteiger partial charge in [0.2, 0.25) is 5.91 Å². The first kappa shape index (κ1) is 28.4. The van der Waals surface area contributed by atoms with Crippen molar-refractivity contribution < 1.29 is 18.0 Å². The molecule has 4 rings (SSSR count). The molecule has 206 valence electrons. The Hall–Kier alpha value is -3.65. The van der Waals surface area contributed by atoms with Crippen LogP contribution in [0.5, 0.6) is 0 Å². The third-order valence-corrected chi connectivity index (χ3v) is 7.10. The van der Waals surface area contributed by atoms with E-state index in [-0.39, 0.29) is 11.9 Å². The highest BCUT2D eigenvalue weighted by Crippen LogP contribution is 2.29. The van der Waals surface area contributed by atoms with E-state index in [9.17, 15) is 18.0 Å². The number of halogens is 3. The smallest absolute Gasteiger partial charge is 0.355 e. The molecule has 0 saturated carbocycles. The summed E-state index contributed by atoms with van der Waals surface area (Å²) < 4.78 is 38.7. The second-order valence-corrected chi connectivity index (χ2v) is 10.3. The van der Waals surface area contributed by atoms with Crippen LogP contribution in [0.3, 0.4) is 0 Å². The summed E-state index contributed by atoms with van der Waals surface area (Å²) in [7, 11) is 0. The van der Waals surface area contributed by atoms with Crippen molar-refractivity contribution in [2.75, 3.05) is 18.4 Å². The van der Waals surface area contributed by atoms with Gasteiger partial charge >= 0.3 is 6.18 Å². The molecule has 1 saturated heterocycles. The van der Waals surface area contributed by atoms with E-state index in [0.29, 0.717) is 18.2 Å². The number of carbonyl (C=O) groups excluding carboxylic acids is 1. The second-order valence-electron chi connectivity index (χ2n) is 10.3. The van der Waals surface area contributed by atoms with Crippen LogP contribution >= 0.6 is 0 Å². The van der Waals surface area contributed by atoms with Crippen molar-refractivity contribution >= 4 is 23.4 Å². The van der Waals surface area contributed by atoms with Crippen LogP contribution in [0, 0.1) is 6.92 Å². The Morgan fingerprint density at radius 3 is 2.31 bits per heavy atom. The minimum atomic E-state index is -4.39. The third-order valence-electron chi connectivity index (χ3n) is 7.10. The van der Waals surface area contributed by atoms with Gasteiger partial charge in [-0.2, -0.15) is 13.2 Å². The molecule has 1 amide bonds. The van der Waals surface area contributed by atoms with Crippen LogP contribution in [0.1, 0.15) is 49.1 Å². The average Bonchev–Trinajstić information content (AvgIpc) is 2.91. The molecule has 0 atom stereocenters. The molecule has 2 aromatic carbocycles. The van der Waals surface area contributed by atoms with E-state index in [0.717, 1.165) is 60.7 Å². The Morgan fingerprint density at radius 2 is 1.72 bits per heavy atom. The summed E-state index contributed by atoms with van der Waals surface area (Å²) in [6, 6.07) is 17.3. The van der Waals surface area contributed by atoms with E-state index in [1.165, 1.54) is 18.2 Å². The Labute approximate surface area is 228 Å². The van der Waals surface area contributed by atoms with Gasteiger partial charge in [0.05, 0.1) is 5.56 Å². The molecule has 1 fully saturated rings. The van der Waals surface area contributed by atoms with Crippen molar-refractivity contribution in [3.63, 3.8) is 0 Å². The quantitative estimate of drug-likeness (QED) is 0.313. The van der Waals surface area contributed by atoms with Crippen molar-refractivity contribution in [3.8, 4) is 0 Å². The zero-order valence-electron chi connectivity index (χ0n) is 22.6. The van der Waals surface area contributed by atoms with Gasteiger partial charge in [0.25, 0.3) is 0 Å². The SMILES string of the molecule is Cc1cc(Nc2ccc(CN(C(=O)/C=C/c3ccc(C(F)(F)F)cc3)C3CCN(C(C)C)CC3)cc2)ccn1. The minimum absolute atomic E-state index is 0.0855. The lowest BCUT2D eigenvalue weighted by Crippen LogP contribution is -2.48. The number of rotatable bonds is 8. The number of hydrogen-bond acceptors (Lipinski definition) is 4. The molecular weight excluding hydrogens is 501 g/mol.